The van der Waals surface area contributed by atoms with Gasteiger partial charge >= 0.3 is 5.69 Å². The van der Waals surface area contributed by atoms with E-state index in [4.69, 9.17) is 0 Å². The van der Waals surface area contributed by atoms with Crippen molar-refractivity contribution in [1.82, 2.24) is 19.6 Å². The van der Waals surface area contributed by atoms with Gasteiger partial charge in [0.05, 0.1) is 5.39 Å². The molecule has 7 nitrogen and oxygen atoms in total. The topological polar surface area (TPSA) is 83.3 Å². The van der Waals surface area contributed by atoms with E-state index in [1.807, 2.05) is 18.2 Å². The molecule has 1 fully saturated rings. The molecule has 168 valence electrons. The summed E-state index contributed by atoms with van der Waals surface area (Å²) in [6.07, 6.45) is 5.39. The fourth-order valence-electron chi connectivity index (χ4n) is 4.53. The molecule has 0 radical (unpaired) electrons. The number of rotatable bonds is 5. The number of piperidine rings is 1. The summed E-state index contributed by atoms with van der Waals surface area (Å²) >= 11 is 0. The number of anilines is 2. The molecule has 0 aliphatic carbocycles. The van der Waals surface area contributed by atoms with Gasteiger partial charge in [-0.05, 0) is 73.3 Å². The van der Waals surface area contributed by atoms with E-state index in [2.05, 4.69) is 57.4 Å². The molecule has 2 N–H and O–H groups in total. The summed E-state index contributed by atoms with van der Waals surface area (Å²) < 4.78 is 0.464. The number of fused-ring (bicyclic) bond motifs is 1. The Balaban J connectivity index is 1.42. The minimum absolute atomic E-state index is 0.163. The molecular formula is C26H27N5O2. The fourth-order valence-corrected chi connectivity index (χ4v) is 4.53. The fraction of sp³-hybridized carbons (Fsp3) is 0.269. The van der Waals surface area contributed by atoms with E-state index in [0.29, 0.717) is 22.0 Å². The zero-order valence-corrected chi connectivity index (χ0v) is 18.6. The lowest BCUT2D eigenvalue weighted by Gasteiger charge is -2.33. The summed E-state index contributed by atoms with van der Waals surface area (Å²) in [5.41, 5.74) is 3.72. The molecule has 3 heterocycles. The highest BCUT2D eigenvalue weighted by molar-refractivity contribution is 5.88. The summed E-state index contributed by atoms with van der Waals surface area (Å²) in [4.78, 5) is 22.7. The van der Waals surface area contributed by atoms with E-state index in [9.17, 15) is 10.0 Å². The molecule has 1 saturated heterocycles. The van der Waals surface area contributed by atoms with Crippen LogP contribution >= 0.6 is 0 Å². The van der Waals surface area contributed by atoms with Gasteiger partial charge in [-0.2, -0.15) is 4.98 Å². The Bertz CT molecular complexity index is 1350. The van der Waals surface area contributed by atoms with Gasteiger partial charge in [0, 0.05) is 24.5 Å². The molecular weight excluding hydrogens is 414 g/mol. The maximum Gasteiger partial charge on any atom is 0.384 e. The Morgan fingerprint density at radius 2 is 1.88 bits per heavy atom. The molecule has 1 atom stereocenters. The second-order valence-corrected chi connectivity index (χ2v) is 8.65. The number of nitrogens with zero attached hydrogens (tertiary/aromatic N) is 4. The van der Waals surface area contributed by atoms with Gasteiger partial charge in [0.25, 0.3) is 0 Å². The van der Waals surface area contributed by atoms with Crippen molar-refractivity contribution in [1.29, 1.82) is 0 Å². The maximum atomic E-state index is 12.1. The first-order valence-corrected chi connectivity index (χ1v) is 11.4. The molecule has 2 aromatic carbocycles. The molecule has 0 amide bonds. The molecule has 4 aromatic rings. The predicted molar refractivity (Wildman–Crippen MR) is 130 cm³/mol. The second kappa shape index (κ2) is 9.03. The number of pyridine rings is 1. The Morgan fingerprint density at radius 3 is 2.73 bits per heavy atom. The Labute approximate surface area is 192 Å². The van der Waals surface area contributed by atoms with Crippen LogP contribution < -0.4 is 11.0 Å². The molecule has 33 heavy (non-hydrogen) atoms. The Hall–Kier alpha value is -3.71. The van der Waals surface area contributed by atoms with Gasteiger partial charge in [0.1, 0.15) is 5.82 Å². The van der Waals surface area contributed by atoms with Crippen LogP contribution in [0.15, 0.2) is 71.7 Å². The second-order valence-electron chi connectivity index (χ2n) is 8.65. The molecule has 5 rings (SSSR count). The molecule has 0 spiro atoms. The summed E-state index contributed by atoms with van der Waals surface area (Å²) in [5, 5.41) is 13.7. The van der Waals surface area contributed by atoms with Crippen LogP contribution in [0.25, 0.3) is 22.2 Å². The summed E-state index contributed by atoms with van der Waals surface area (Å²) in [7, 11) is 0. The van der Waals surface area contributed by atoms with Gasteiger partial charge in [-0.15, -0.1) is 4.73 Å². The van der Waals surface area contributed by atoms with E-state index >= 15 is 0 Å². The van der Waals surface area contributed by atoms with Crippen LogP contribution in [-0.2, 0) is 6.54 Å². The van der Waals surface area contributed by atoms with Crippen molar-refractivity contribution >= 4 is 22.5 Å². The lowest BCUT2D eigenvalue weighted by Crippen LogP contribution is -2.36. The highest BCUT2D eigenvalue weighted by Gasteiger charge is 2.18. The van der Waals surface area contributed by atoms with Gasteiger partial charge in [-0.3, -0.25) is 4.90 Å². The summed E-state index contributed by atoms with van der Waals surface area (Å²) in [6.45, 7) is 4.45. The van der Waals surface area contributed by atoms with Crippen LogP contribution in [-0.4, -0.2) is 37.4 Å². The predicted octanol–water partition coefficient (Wildman–Crippen LogP) is 4.81. The van der Waals surface area contributed by atoms with Crippen LogP contribution in [0, 0.1) is 0 Å². The number of nitrogens with one attached hydrogen (secondary N) is 1. The van der Waals surface area contributed by atoms with Crippen LogP contribution in [0.1, 0.15) is 31.7 Å². The van der Waals surface area contributed by atoms with E-state index < -0.39 is 5.69 Å². The first-order chi connectivity index (χ1) is 16.1. The maximum absolute atomic E-state index is 12.1. The first-order valence-electron chi connectivity index (χ1n) is 11.4. The monoisotopic (exact) mass is 441 g/mol. The Kier molecular flexibility index (Phi) is 5.79. The van der Waals surface area contributed by atoms with Crippen molar-refractivity contribution in [2.45, 2.75) is 38.8 Å². The minimum Gasteiger partial charge on any atom is -0.422 e. The van der Waals surface area contributed by atoms with Crippen LogP contribution in [0.3, 0.4) is 0 Å². The average Bonchev–Trinajstić information content (AvgIpc) is 2.84. The number of likely N-dealkylation sites (tertiary alicyclic amines) is 1. The molecule has 0 saturated carbocycles. The first kappa shape index (κ1) is 21.2. The van der Waals surface area contributed by atoms with Gasteiger partial charge < -0.3 is 10.5 Å². The highest BCUT2D eigenvalue weighted by atomic mass is 16.5. The minimum atomic E-state index is -0.778. The van der Waals surface area contributed by atoms with E-state index in [-0.39, 0.29) is 5.65 Å². The van der Waals surface area contributed by atoms with E-state index in [1.165, 1.54) is 31.0 Å². The zero-order chi connectivity index (χ0) is 22.8. The molecule has 1 aliphatic rings. The third-order valence-corrected chi connectivity index (χ3v) is 6.34. The van der Waals surface area contributed by atoms with E-state index in [0.717, 1.165) is 29.9 Å². The molecule has 1 unspecified atom stereocenters. The van der Waals surface area contributed by atoms with Gasteiger partial charge in [-0.25, -0.2) is 9.78 Å². The van der Waals surface area contributed by atoms with Crippen molar-refractivity contribution in [2.75, 3.05) is 11.9 Å². The van der Waals surface area contributed by atoms with Crippen molar-refractivity contribution < 1.29 is 5.21 Å². The van der Waals surface area contributed by atoms with Gasteiger partial charge in [-0.1, -0.05) is 36.8 Å². The number of hydrogen-bond donors (Lipinski definition) is 2. The molecule has 1 aliphatic heterocycles. The van der Waals surface area contributed by atoms with Crippen LogP contribution in [0.2, 0.25) is 0 Å². The van der Waals surface area contributed by atoms with E-state index in [1.54, 1.807) is 12.1 Å². The number of hydrogen-bond acceptors (Lipinski definition) is 6. The van der Waals surface area contributed by atoms with Crippen LogP contribution in [0.4, 0.5) is 11.5 Å². The highest BCUT2D eigenvalue weighted by Crippen LogP contribution is 2.28. The van der Waals surface area contributed by atoms with Crippen molar-refractivity contribution in [3.8, 4) is 11.1 Å². The summed E-state index contributed by atoms with van der Waals surface area (Å²) in [5.74, 6) is 0.360. The SMILES string of the molecule is CC1CCCCN1Cc1cccc(-c2cccc(Nc3nc(=O)n(O)c4ncccc34)c2)c1. The lowest BCUT2D eigenvalue weighted by atomic mass is 10.00. The van der Waals surface area contributed by atoms with Crippen molar-refractivity contribution in [3.05, 3.63) is 82.9 Å². The standard InChI is InChI=1S/C26H27N5O2/c1-18-7-2-3-14-30(18)17-19-8-4-9-20(15-19)21-10-5-11-22(16-21)28-24-23-12-6-13-27-25(23)31(33)26(32)29-24/h4-6,8-13,15-16,18,33H,2-3,7,14,17H2,1H3,(H,28,29,32). The molecule has 2 aromatic heterocycles. The molecule has 0 bridgehead atoms. The zero-order valence-electron chi connectivity index (χ0n) is 18.6. The summed E-state index contributed by atoms with van der Waals surface area (Å²) in [6, 6.07) is 20.8. The largest absolute Gasteiger partial charge is 0.422 e. The smallest absolute Gasteiger partial charge is 0.384 e. The average molecular weight is 442 g/mol. The molecule has 7 heteroatoms. The normalized spacial score (nSPS) is 16.7. The van der Waals surface area contributed by atoms with Crippen LogP contribution in [0.5, 0.6) is 0 Å². The number of benzene rings is 2. The van der Waals surface area contributed by atoms with Gasteiger partial charge in [0.2, 0.25) is 0 Å². The van der Waals surface area contributed by atoms with Crippen molar-refractivity contribution in [3.63, 3.8) is 0 Å². The quantitative estimate of drug-likeness (QED) is 0.432. The third kappa shape index (κ3) is 4.45. The lowest BCUT2D eigenvalue weighted by molar-refractivity contribution is 0.152. The Morgan fingerprint density at radius 1 is 1.06 bits per heavy atom. The van der Waals surface area contributed by atoms with Gasteiger partial charge in [0.15, 0.2) is 5.65 Å². The van der Waals surface area contributed by atoms with Crippen molar-refractivity contribution in [2.24, 2.45) is 0 Å². The number of aromatic nitrogens is 3. The third-order valence-electron chi connectivity index (χ3n) is 6.34.